The smallest absolute Gasteiger partial charge is 0.254 e. The number of rotatable bonds is 3. The summed E-state index contributed by atoms with van der Waals surface area (Å²) in [5.41, 5.74) is 5.69. The van der Waals surface area contributed by atoms with Crippen LogP contribution < -0.4 is 11.1 Å². The first-order valence-electron chi connectivity index (χ1n) is 5.94. The Morgan fingerprint density at radius 2 is 2.00 bits per heavy atom. The molecule has 0 saturated heterocycles. The van der Waals surface area contributed by atoms with Crippen LogP contribution in [0.1, 0.15) is 35.2 Å². The van der Waals surface area contributed by atoms with Gasteiger partial charge in [0.05, 0.1) is 5.56 Å². The van der Waals surface area contributed by atoms with Gasteiger partial charge in [-0.2, -0.15) is 0 Å². The minimum atomic E-state index is -0.852. The summed E-state index contributed by atoms with van der Waals surface area (Å²) in [4.78, 5) is 11.8. The summed E-state index contributed by atoms with van der Waals surface area (Å²) in [7, 11) is 0. The van der Waals surface area contributed by atoms with E-state index < -0.39 is 17.5 Å². The number of halogens is 3. The first-order chi connectivity index (χ1) is 8.41. The summed E-state index contributed by atoms with van der Waals surface area (Å²) in [6.07, 6.45) is 2.77. The predicted molar refractivity (Wildman–Crippen MR) is 71.4 cm³/mol. The Hall–Kier alpha value is -1.20. The highest BCUT2D eigenvalue weighted by atomic mass is 35.5. The van der Waals surface area contributed by atoms with Crippen molar-refractivity contribution >= 4 is 18.3 Å². The van der Waals surface area contributed by atoms with E-state index in [0.29, 0.717) is 6.54 Å². The fourth-order valence-electron chi connectivity index (χ4n) is 1.99. The number of carbonyl (C=O) groups is 1. The van der Waals surface area contributed by atoms with Crippen molar-refractivity contribution in [3.05, 3.63) is 34.9 Å². The summed E-state index contributed by atoms with van der Waals surface area (Å²) < 4.78 is 26.5. The molecule has 0 aliphatic heterocycles. The third-order valence-electron chi connectivity index (χ3n) is 3.44. The highest BCUT2D eigenvalue weighted by molar-refractivity contribution is 5.94. The molecule has 1 aromatic carbocycles. The van der Waals surface area contributed by atoms with Crippen molar-refractivity contribution < 1.29 is 13.6 Å². The van der Waals surface area contributed by atoms with Gasteiger partial charge in [-0.1, -0.05) is 0 Å². The van der Waals surface area contributed by atoms with Crippen molar-refractivity contribution in [2.75, 3.05) is 6.54 Å². The van der Waals surface area contributed by atoms with Crippen LogP contribution in [0.4, 0.5) is 8.78 Å². The van der Waals surface area contributed by atoms with E-state index in [4.69, 9.17) is 5.73 Å². The predicted octanol–water partition coefficient (Wildman–Crippen LogP) is 2.31. The average Bonchev–Trinajstić information content (AvgIpc) is 2.28. The van der Waals surface area contributed by atoms with Crippen LogP contribution in [0.25, 0.3) is 0 Å². The maximum absolute atomic E-state index is 13.5. The summed E-state index contributed by atoms with van der Waals surface area (Å²) in [5.74, 6) is -2.05. The molecule has 0 atom stereocenters. The SMILES string of the molecule is Cc1cc(C(=O)NCC2(N)CCC2)c(F)cc1F.Cl. The Morgan fingerprint density at radius 3 is 2.53 bits per heavy atom. The van der Waals surface area contributed by atoms with Crippen molar-refractivity contribution in [1.82, 2.24) is 5.32 Å². The second kappa shape index (κ2) is 5.84. The molecule has 0 bridgehead atoms. The molecule has 106 valence electrons. The number of benzene rings is 1. The molecule has 3 N–H and O–H groups in total. The van der Waals surface area contributed by atoms with Gasteiger partial charge in [-0.25, -0.2) is 8.78 Å². The van der Waals surface area contributed by atoms with Crippen molar-refractivity contribution in [3.8, 4) is 0 Å². The van der Waals surface area contributed by atoms with E-state index in [1.54, 1.807) is 0 Å². The zero-order valence-electron chi connectivity index (χ0n) is 10.6. The monoisotopic (exact) mass is 290 g/mol. The van der Waals surface area contributed by atoms with Crippen LogP contribution in [0.15, 0.2) is 12.1 Å². The maximum Gasteiger partial charge on any atom is 0.254 e. The van der Waals surface area contributed by atoms with Crippen LogP contribution in [-0.2, 0) is 0 Å². The number of hydrogen-bond donors (Lipinski definition) is 2. The molecule has 6 heteroatoms. The normalized spacial score (nSPS) is 16.2. The van der Waals surface area contributed by atoms with Gasteiger partial charge in [0.1, 0.15) is 11.6 Å². The summed E-state index contributed by atoms with van der Waals surface area (Å²) in [6.45, 7) is 1.81. The molecule has 1 aliphatic rings. The summed E-state index contributed by atoms with van der Waals surface area (Å²) >= 11 is 0. The molecule has 0 radical (unpaired) electrons. The Bertz CT molecular complexity index is 490. The lowest BCUT2D eigenvalue weighted by atomic mass is 9.78. The molecule has 1 aliphatic carbocycles. The molecule has 0 aromatic heterocycles. The molecule has 1 saturated carbocycles. The minimum absolute atomic E-state index is 0. The molecule has 2 rings (SSSR count). The van der Waals surface area contributed by atoms with Crippen LogP contribution in [0.2, 0.25) is 0 Å². The molecule has 19 heavy (non-hydrogen) atoms. The van der Waals surface area contributed by atoms with Crippen molar-refractivity contribution in [1.29, 1.82) is 0 Å². The minimum Gasteiger partial charge on any atom is -0.350 e. The van der Waals surface area contributed by atoms with Crippen LogP contribution in [0.5, 0.6) is 0 Å². The number of aryl methyl sites for hydroxylation is 1. The zero-order chi connectivity index (χ0) is 13.3. The van der Waals surface area contributed by atoms with Gasteiger partial charge in [0.2, 0.25) is 0 Å². The highest BCUT2D eigenvalue weighted by Crippen LogP contribution is 2.28. The lowest BCUT2D eigenvalue weighted by Gasteiger charge is -2.38. The fourth-order valence-corrected chi connectivity index (χ4v) is 1.99. The average molecular weight is 291 g/mol. The van der Waals surface area contributed by atoms with Crippen molar-refractivity contribution in [3.63, 3.8) is 0 Å². The molecule has 1 amide bonds. The first-order valence-corrected chi connectivity index (χ1v) is 5.94. The lowest BCUT2D eigenvalue weighted by molar-refractivity contribution is 0.0925. The number of nitrogens with two attached hydrogens (primary N) is 1. The van der Waals surface area contributed by atoms with Crippen LogP contribution in [0, 0.1) is 18.6 Å². The van der Waals surface area contributed by atoms with E-state index in [1.807, 2.05) is 0 Å². The van der Waals surface area contributed by atoms with Crippen LogP contribution in [-0.4, -0.2) is 18.0 Å². The molecule has 1 fully saturated rings. The molecular weight excluding hydrogens is 274 g/mol. The number of amides is 1. The van der Waals surface area contributed by atoms with Gasteiger partial charge in [-0.15, -0.1) is 12.4 Å². The van der Waals surface area contributed by atoms with E-state index in [9.17, 15) is 13.6 Å². The molecule has 3 nitrogen and oxygen atoms in total. The molecule has 0 spiro atoms. The third kappa shape index (κ3) is 3.42. The summed E-state index contributed by atoms with van der Waals surface area (Å²) in [6, 6.07) is 1.94. The largest absolute Gasteiger partial charge is 0.350 e. The topological polar surface area (TPSA) is 55.1 Å². The molecular formula is C13H17ClF2N2O. The molecule has 1 aromatic rings. The van der Waals surface area contributed by atoms with Gasteiger partial charge in [-0.05, 0) is 37.8 Å². The fraction of sp³-hybridized carbons (Fsp3) is 0.462. The van der Waals surface area contributed by atoms with E-state index in [-0.39, 0.29) is 29.1 Å². The lowest BCUT2D eigenvalue weighted by Crippen LogP contribution is -2.55. The number of carbonyl (C=O) groups excluding carboxylic acids is 1. The van der Waals surface area contributed by atoms with E-state index in [0.717, 1.165) is 25.3 Å². The molecule has 0 heterocycles. The Labute approximate surface area is 117 Å². The molecule has 0 unspecified atom stereocenters. The summed E-state index contributed by atoms with van der Waals surface area (Å²) in [5, 5.41) is 2.60. The van der Waals surface area contributed by atoms with Crippen LogP contribution >= 0.6 is 12.4 Å². The van der Waals surface area contributed by atoms with Gasteiger partial charge in [0.25, 0.3) is 5.91 Å². The van der Waals surface area contributed by atoms with E-state index >= 15 is 0 Å². The van der Waals surface area contributed by atoms with Gasteiger partial charge in [-0.3, -0.25) is 4.79 Å². The van der Waals surface area contributed by atoms with Gasteiger partial charge in [0, 0.05) is 18.2 Å². The second-order valence-corrected chi connectivity index (χ2v) is 4.98. The van der Waals surface area contributed by atoms with Gasteiger partial charge in [0.15, 0.2) is 0 Å². The maximum atomic E-state index is 13.5. The number of nitrogens with one attached hydrogen (secondary N) is 1. The Balaban J connectivity index is 0.00000180. The van der Waals surface area contributed by atoms with E-state index in [2.05, 4.69) is 5.32 Å². The second-order valence-electron chi connectivity index (χ2n) is 4.98. The first kappa shape index (κ1) is 15.9. The quantitative estimate of drug-likeness (QED) is 0.897. The van der Waals surface area contributed by atoms with Gasteiger partial charge >= 0.3 is 0 Å². The highest BCUT2D eigenvalue weighted by Gasteiger charge is 2.32. The van der Waals surface area contributed by atoms with Crippen LogP contribution in [0.3, 0.4) is 0 Å². The van der Waals surface area contributed by atoms with Crippen molar-refractivity contribution in [2.24, 2.45) is 5.73 Å². The third-order valence-corrected chi connectivity index (χ3v) is 3.44. The van der Waals surface area contributed by atoms with Gasteiger partial charge < -0.3 is 11.1 Å². The standard InChI is InChI=1S/C13H16F2N2O.ClH/c1-8-5-9(11(15)6-10(8)14)12(18)17-7-13(16)3-2-4-13;/h5-6H,2-4,7,16H2,1H3,(H,17,18);1H. The van der Waals surface area contributed by atoms with Crippen molar-refractivity contribution in [2.45, 2.75) is 31.7 Å². The number of hydrogen-bond acceptors (Lipinski definition) is 2. The Morgan fingerprint density at radius 1 is 1.37 bits per heavy atom. The zero-order valence-corrected chi connectivity index (χ0v) is 11.4. The Kier molecular flexibility index (Phi) is 4.87. The van der Waals surface area contributed by atoms with E-state index in [1.165, 1.54) is 13.0 Å².